The Morgan fingerprint density at radius 3 is 2.40 bits per heavy atom. The molecule has 232 valence electrons. The van der Waals surface area contributed by atoms with E-state index in [0.717, 1.165) is 23.3 Å². The van der Waals surface area contributed by atoms with Crippen LogP contribution in [0.4, 0.5) is 18.0 Å². The molecule has 2 heterocycles. The van der Waals surface area contributed by atoms with Crippen LogP contribution in [0, 0.1) is 0 Å². The zero-order valence-electron chi connectivity index (χ0n) is 24.7. The summed E-state index contributed by atoms with van der Waals surface area (Å²) in [5.41, 5.74) is 1.67. The number of hydrogen-bond acceptors (Lipinski definition) is 5. The Bertz CT molecular complexity index is 1580. The molecule has 2 aliphatic heterocycles. The number of ether oxygens (including phenoxy) is 1. The summed E-state index contributed by atoms with van der Waals surface area (Å²) in [5, 5.41) is 2.76. The number of rotatable bonds is 11. The number of carbonyl (C=O) groups excluding carboxylic acids is 3. The predicted molar refractivity (Wildman–Crippen MR) is 166 cm³/mol. The zero-order chi connectivity index (χ0) is 32.1. The average molecular weight is 615 g/mol. The maximum absolute atomic E-state index is 13.7. The van der Waals surface area contributed by atoms with Crippen molar-refractivity contribution in [2.45, 2.75) is 49.7 Å². The van der Waals surface area contributed by atoms with Crippen molar-refractivity contribution in [3.05, 3.63) is 126 Å². The second kappa shape index (κ2) is 13.5. The van der Waals surface area contributed by atoms with Crippen LogP contribution in [0.2, 0.25) is 0 Å². The van der Waals surface area contributed by atoms with Crippen molar-refractivity contribution < 1.29 is 32.3 Å². The highest BCUT2D eigenvalue weighted by molar-refractivity contribution is 6.57. The van der Waals surface area contributed by atoms with Gasteiger partial charge in [-0.25, -0.2) is 4.79 Å². The van der Waals surface area contributed by atoms with Crippen LogP contribution in [0.15, 0.2) is 103 Å². The first-order chi connectivity index (χ1) is 21.5. The van der Waals surface area contributed by atoms with Crippen LogP contribution in [0.25, 0.3) is 6.08 Å². The topological polar surface area (TPSA) is 79.0 Å². The predicted octanol–water partition coefficient (Wildman–Crippen LogP) is 5.10. The summed E-state index contributed by atoms with van der Waals surface area (Å²) >= 11 is 0. The van der Waals surface area contributed by atoms with Gasteiger partial charge in [0.05, 0.1) is 29.4 Å². The maximum Gasteiger partial charge on any atom is 0.416 e. The summed E-state index contributed by atoms with van der Waals surface area (Å²) in [7, 11) is 1.43. The van der Waals surface area contributed by atoms with Crippen molar-refractivity contribution in [3.8, 4) is 0 Å². The Hall–Kier alpha value is -4.80. The van der Waals surface area contributed by atoms with E-state index in [2.05, 4.69) is 11.9 Å². The van der Waals surface area contributed by atoms with E-state index in [1.165, 1.54) is 20.0 Å². The molecule has 45 heavy (non-hydrogen) atoms. The molecule has 0 aromatic heterocycles. The standard InChI is InChI=1S/C34H33BF3N3O4/c1-22-31(41-29(21-45-33(41)44)25-12-6-3-7-13-25)27(16-15-23-9-4-2-5-10-23)40(22)28(17-18-30(35)42)32(43)39-20-24-11-8-14-26(19-24)34(36,37)38/h2-16,19,27-29,31H,1,17-18,20-21,35H2,(H,39,43)/b16-15+/t27-,28+,29-,31-/m1/s1. The van der Waals surface area contributed by atoms with Gasteiger partial charge >= 0.3 is 12.3 Å². The quantitative estimate of drug-likeness (QED) is 0.304. The van der Waals surface area contributed by atoms with Gasteiger partial charge in [0.15, 0.2) is 7.85 Å². The largest absolute Gasteiger partial charge is 0.447 e. The molecule has 2 saturated heterocycles. The number of nitrogens with zero attached hydrogens (tertiary/aromatic N) is 2. The van der Waals surface area contributed by atoms with Crippen molar-refractivity contribution in [1.82, 2.24) is 15.1 Å². The van der Waals surface area contributed by atoms with E-state index in [1.807, 2.05) is 72.8 Å². The van der Waals surface area contributed by atoms with Gasteiger partial charge in [-0.2, -0.15) is 13.2 Å². The highest BCUT2D eigenvalue weighted by atomic mass is 19.4. The van der Waals surface area contributed by atoms with E-state index < -0.39 is 41.9 Å². The van der Waals surface area contributed by atoms with Crippen LogP contribution >= 0.6 is 0 Å². The van der Waals surface area contributed by atoms with Crippen LogP contribution in [-0.4, -0.2) is 60.1 Å². The minimum Gasteiger partial charge on any atom is -0.447 e. The highest BCUT2D eigenvalue weighted by Gasteiger charge is 2.54. The Kier molecular flexibility index (Phi) is 9.46. The molecule has 3 aromatic rings. The lowest BCUT2D eigenvalue weighted by molar-refractivity contribution is -0.137. The molecule has 2 amide bonds. The van der Waals surface area contributed by atoms with Crippen molar-refractivity contribution in [3.63, 3.8) is 0 Å². The summed E-state index contributed by atoms with van der Waals surface area (Å²) in [5.74, 6) is -0.463. The first-order valence-corrected chi connectivity index (χ1v) is 14.7. The van der Waals surface area contributed by atoms with E-state index in [-0.39, 0.29) is 43.3 Å². The number of benzene rings is 3. The maximum atomic E-state index is 13.7. The number of halogens is 3. The van der Waals surface area contributed by atoms with Crippen molar-refractivity contribution in [2.24, 2.45) is 0 Å². The van der Waals surface area contributed by atoms with E-state index in [9.17, 15) is 27.6 Å². The molecule has 11 heteroatoms. The fourth-order valence-electron chi connectivity index (χ4n) is 5.89. The third-order valence-electron chi connectivity index (χ3n) is 8.13. The second-order valence-electron chi connectivity index (χ2n) is 11.2. The SMILES string of the molecule is BC(=O)CC[C@@H](C(=O)NCc1cccc(C(F)(F)F)c1)N1C(=C)[C@@H](N2C(=O)OC[C@@H]2c2ccccc2)[C@H]1/C=C/c1ccccc1. The lowest BCUT2D eigenvalue weighted by Gasteiger charge is -2.56. The molecule has 2 aliphatic rings. The normalized spacial score (nSPS) is 20.6. The molecule has 0 bridgehead atoms. The fourth-order valence-corrected chi connectivity index (χ4v) is 5.89. The molecule has 7 nitrogen and oxygen atoms in total. The van der Waals surface area contributed by atoms with Crippen molar-refractivity contribution in [1.29, 1.82) is 0 Å². The second-order valence-corrected chi connectivity index (χ2v) is 11.2. The first-order valence-electron chi connectivity index (χ1n) is 14.7. The van der Waals surface area contributed by atoms with Gasteiger partial charge in [0, 0.05) is 12.2 Å². The molecular formula is C34H33BF3N3O4. The number of alkyl halides is 3. The number of nitrogens with one attached hydrogen (secondary N) is 1. The van der Waals surface area contributed by atoms with E-state index in [1.54, 1.807) is 9.80 Å². The van der Waals surface area contributed by atoms with Gasteiger partial charge in [-0.3, -0.25) is 9.69 Å². The lowest BCUT2D eigenvalue weighted by atomic mass is 9.84. The number of cyclic esters (lactones) is 1. The number of carbonyl (C=O) groups is 3. The number of amides is 2. The number of hydrogen-bond donors (Lipinski definition) is 1. The molecule has 0 unspecified atom stereocenters. The zero-order valence-corrected chi connectivity index (χ0v) is 24.7. The molecule has 5 rings (SSSR count). The molecule has 3 aromatic carbocycles. The van der Waals surface area contributed by atoms with E-state index in [4.69, 9.17) is 4.74 Å². The van der Waals surface area contributed by atoms with Gasteiger partial charge in [-0.1, -0.05) is 91.5 Å². The molecular weight excluding hydrogens is 582 g/mol. The molecule has 4 atom stereocenters. The van der Waals surface area contributed by atoms with Gasteiger partial charge in [-0.05, 0) is 41.7 Å². The van der Waals surface area contributed by atoms with E-state index >= 15 is 0 Å². The molecule has 1 N–H and O–H groups in total. The van der Waals surface area contributed by atoms with Crippen molar-refractivity contribution >= 4 is 31.6 Å². The molecule has 2 fully saturated rings. The van der Waals surface area contributed by atoms with Crippen LogP contribution < -0.4 is 5.32 Å². The Balaban J connectivity index is 1.44. The van der Waals surface area contributed by atoms with Gasteiger partial charge in [0.25, 0.3) is 0 Å². The summed E-state index contributed by atoms with van der Waals surface area (Å²) in [6.07, 6.45) is -0.952. The smallest absolute Gasteiger partial charge is 0.416 e. The highest BCUT2D eigenvalue weighted by Crippen LogP contribution is 2.43. The molecule has 0 saturated carbocycles. The average Bonchev–Trinajstić information content (AvgIpc) is 3.40. The van der Waals surface area contributed by atoms with Crippen LogP contribution in [-0.2, 0) is 27.0 Å². The van der Waals surface area contributed by atoms with Gasteiger partial charge in [0.1, 0.15) is 12.6 Å². The summed E-state index contributed by atoms with van der Waals surface area (Å²) in [6, 6.07) is 21.5. The van der Waals surface area contributed by atoms with Crippen LogP contribution in [0.1, 0.15) is 41.1 Å². The molecule has 0 aliphatic carbocycles. The number of likely N-dealkylation sites (tertiary alicyclic amines) is 1. The fraction of sp³-hybridized carbons (Fsp3) is 0.265. The van der Waals surface area contributed by atoms with Gasteiger partial charge < -0.3 is 19.7 Å². The van der Waals surface area contributed by atoms with E-state index in [0.29, 0.717) is 5.70 Å². The Labute approximate surface area is 260 Å². The summed E-state index contributed by atoms with van der Waals surface area (Å²) < 4.78 is 45.3. The summed E-state index contributed by atoms with van der Waals surface area (Å²) in [4.78, 5) is 42.4. The van der Waals surface area contributed by atoms with Crippen molar-refractivity contribution in [2.75, 3.05) is 6.61 Å². The minimum absolute atomic E-state index is 0.101. The minimum atomic E-state index is -4.51. The molecule has 0 radical (unpaired) electrons. The Morgan fingerprint density at radius 2 is 1.73 bits per heavy atom. The van der Waals surface area contributed by atoms with Crippen LogP contribution in [0.3, 0.4) is 0 Å². The molecule has 0 spiro atoms. The lowest BCUT2D eigenvalue weighted by Crippen LogP contribution is -2.68. The third kappa shape index (κ3) is 7.14. The first kappa shape index (κ1) is 31.6. The monoisotopic (exact) mass is 615 g/mol. The third-order valence-corrected chi connectivity index (χ3v) is 8.13. The Morgan fingerprint density at radius 1 is 1.04 bits per heavy atom. The van der Waals surface area contributed by atoms with Gasteiger partial charge in [0.2, 0.25) is 5.91 Å². The van der Waals surface area contributed by atoms with Gasteiger partial charge in [-0.15, -0.1) is 0 Å². The van der Waals surface area contributed by atoms with Crippen LogP contribution in [0.5, 0.6) is 0 Å². The summed E-state index contributed by atoms with van der Waals surface area (Å²) in [6.45, 7) is 4.30.